The molecule has 2 heterocycles. The number of amides is 2. The maximum atomic E-state index is 12.3. The van der Waals surface area contributed by atoms with Crippen LogP contribution in [0.1, 0.15) is 25.8 Å². The van der Waals surface area contributed by atoms with Gasteiger partial charge < -0.3 is 15.2 Å². The molecule has 1 aromatic carbocycles. The predicted molar refractivity (Wildman–Crippen MR) is 100 cm³/mol. The number of carbonyl (C=O) groups excluding carboxylic acids is 1. The van der Waals surface area contributed by atoms with Gasteiger partial charge in [0.15, 0.2) is 0 Å². The summed E-state index contributed by atoms with van der Waals surface area (Å²) in [6.07, 6.45) is 2.51. The Labute approximate surface area is 152 Å². The second-order valence-electron chi connectivity index (χ2n) is 6.98. The highest BCUT2D eigenvalue weighted by Crippen LogP contribution is 2.24. The van der Waals surface area contributed by atoms with Gasteiger partial charge in [-0.1, -0.05) is 12.1 Å². The average molecular weight is 380 g/mol. The Balaban J connectivity index is 1.63. The Morgan fingerprint density at radius 3 is 2.62 bits per heavy atom. The summed E-state index contributed by atoms with van der Waals surface area (Å²) in [6.45, 7) is 2.72. The third-order valence-electron chi connectivity index (χ3n) is 4.66. The van der Waals surface area contributed by atoms with Crippen molar-refractivity contribution >= 4 is 26.9 Å². The normalized spacial score (nSPS) is 17.4. The molecular weight excluding hydrogens is 356 g/mol. The molecule has 1 aromatic heterocycles. The van der Waals surface area contributed by atoms with Crippen LogP contribution in [-0.2, 0) is 9.84 Å². The van der Waals surface area contributed by atoms with E-state index < -0.39 is 15.9 Å². The maximum Gasteiger partial charge on any atom is 0.326 e. The number of nitrogens with zero attached hydrogens (tertiary/aromatic N) is 2. The Bertz CT molecular complexity index is 955. The van der Waals surface area contributed by atoms with Crippen LogP contribution in [0.4, 0.5) is 4.79 Å². The Morgan fingerprint density at radius 2 is 1.96 bits per heavy atom. The van der Waals surface area contributed by atoms with Crippen molar-refractivity contribution < 1.29 is 13.2 Å². The minimum absolute atomic E-state index is 0.0381. The number of hydrogen-bond donors (Lipinski definition) is 2. The van der Waals surface area contributed by atoms with Crippen LogP contribution in [0.3, 0.4) is 0 Å². The fourth-order valence-electron chi connectivity index (χ4n) is 3.56. The summed E-state index contributed by atoms with van der Waals surface area (Å²) in [6, 6.07) is 6.91. The molecule has 1 atom stereocenters. The van der Waals surface area contributed by atoms with Gasteiger partial charge in [-0.15, -0.1) is 0 Å². The van der Waals surface area contributed by atoms with E-state index in [1.807, 2.05) is 24.3 Å². The molecule has 142 valence electrons. The topological polar surface area (TPSA) is 104 Å². The van der Waals surface area contributed by atoms with Gasteiger partial charge in [0.1, 0.15) is 9.84 Å². The molecule has 1 aliphatic rings. The third kappa shape index (κ3) is 4.09. The summed E-state index contributed by atoms with van der Waals surface area (Å²) < 4.78 is 24.4. The summed E-state index contributed by atoms with van der Waals surface area (Å²) in [5.41, 5.74) is 1.56. The summed E-state index contributed by atoms with van der Waals surface area (Å²) in [7, 11) is -3.14. The maximum absolute atomic E-state index is 12.3. The minimum Gasteiger partial charge on any atom is -0.335 e. The molecule has 1 unspecified atom stereocenters. The number of likely N-dealkylation sites (tertiary alicyclic amines) is 1. The van der Waals surface area contributed by atoms with E-state index in [1.54, 1.807) is 16.4 Å². The monoisotopic (exact) mass is 380 g/mol. The van der Waals surface area contributed by atoms with Crippen molar-refractivity contribution in [3.8, 4) is 0 Å². The molecule has 9 heteroatoms. The average Bonchev–Trinajstić information content (AvgIpc) is 2.88. The Morgan fingerprint density at radius 1 is 1.31 bits per heavy atom. The molecule has 0 radical (unpaired) electrons. The molecule has 0 aliphatic carbocycles. The third-order valence-corrected chi connectivity index (χ3v) is 5.77. The van der Waals surface area contributed by atoms with Gasteiger partial charge in [0.2, 0.25) is 0 Å². The number of sulfone groups is 1. The number of aromatic nitrogens is 2. The molecule has 8 nitrogen and oxygen atoms in total. The van der Waals surface area contributed by atoms with Gasteiger partial charge in [-0.2, -0.15) is 0 Å². The molecular formula is C17H24N4O4S. The fraction of sp³-hybridized carbons (Fsp3) is 0.529. The van der Waals surface area contributed by atoms with Crippen LogP contribution in [0.25, 0.3) is 11.0 Å². The molecule has 2 aromatic rings. The summed E-state index contributed by atoms with van der Waals surface area (Å²) >= 11 is 0. The SMILES string of the molecule is CC(CS(C)(=O)=O)NC(=O)N1CCC(n2c(=O)[nH]c3ccccc32)CC1. The van der Waals surface area contributed by atoms with Crippen LogP contribution in [0, 0.1) is 0 Å². The van der Waals surface area contributed by atoms with Crippen molar-refractivity contribution in [2.45, 2.75) is 31.8 Å². The van der Waals surface area contributed by atoms with Crippen molar-refractivity contribution in [2.24, 2.45) is 0 Å². The van der Waals surface area contributed by atoms with Crippen molar-refractivity contribution in [1.29, 1.82) is 0 Å². The van der Waals surface area contributed by atoms with Crippen molar-refractivity contribution in [3.05, 3.63) is 34.7 Å². The van der Waals surface area contributed by atoms with Crippen LogP contribution < -0.4 is 11.0 Å². The molecule has 1 fully saturated rings. The molecule has 26 heavy (non-hydrogen) atoms. The van der Waals surface area contributed by atoms with Gasteiger partial charge in [-0.3, -0.25) is 4.57 Å². The lowest BCUT2D eigenvalue weighted by Crippen LogP contribution is -2.49. The molecule has 2 amide bonds. The van der Waals surface area contributed by atoms with Crippen molar-refractivity contribution in [2.75, 3.05) is 25.1 Å². The number of benzene rings is 1. The number of rotatable bonds is 4. The number of aromatic amines is 1. The number of carbonyl (C=O) groups is 1. The van der Waals surface area contributed by atoms with Crippen LogP contribution in [0.2, 0.25) is 0 Å². The second kappa shape index (κ2) is 7.14. The van der Waals surface area contributed by atoms with Gasteiger partial charge in [0.25, 0.3) is 0 Å². The van der Waals surface area contributed by atoms with Gasteiger partial charge >= 0.3 is 11.7 Å². The first-order chi connectivity index (χ1) is 12.2. The summed E-state index contributed by atoms with van der Waals surface area (Å²) in [5, 5.41) is 2.73. The van der Waals surface area contributed by atoms with E-state index in [4.69, 9.17) is 0 Å². The van der Waals surface area contributed by atoms with E-state index >= 15 is 0 Å². The van der Waals surface area contributed by atoms with Crippen LogP contribution >= 0.6 is 0 Å². The molecule has 0 spiro atoms. The van der Waals surface area contributed by atoms with Crippen LogP contribution in [0.15, 0.2) is 29.1 Å². The van der Waals surface area contributed by atoms with Gasteiger partial charge in [-0.25, -0.2) is 18.0 Å². The number of piperidine rings is 1. The van der Waals surface area contributed by atoms with E-state index in [2.05, 4.69) is 10.3 Å². The lowest BCUT2D eigenvalue weighted by atomic mass is 10.0. The lowest BCUT2D eigenvalue weighted by Gasteiger charge is -2.33. The zero-order valence-electron chi connectivity index (χ0n) is 14.9. The van der Waals surface area contributed by atoms with E-state index in [-0.39, 0.29) is 23.5 Å². The van der Waals surface area contributed by atoms with Gasteiger partial charge in [-0.05, 0) is 31.9 Å². The van der Waals surface area contributed by atoms with Gasteiger partial charge in [0, 0.05) is 31.4 Å². The zero-order valence-corrected chi connectivity index (χ0v) is 15.8. The van der Waals surface area contributed by atoms with Crippen molar-refractivity contribution in [3.63, 3.8) is 0 Å². The Kier molecular flexibility index (Phi) is 5.08. The minimum atomic E-state index is -3.14. The van der Waals surface area contributed by atoms with Crippen LogP contribution in [0.5, 0.6) is 0 Å². The van der Waals surface area contributed by atoms with E-state index in [9.17, 15) is 18.0 Å². The van der Waals surface area contributed by atoms with Crippen molar-refractivity contribution in [1.82, 2.24) is 19.8 Å². The second-order valence-corrected chi connectivity index (χ2v) is 9.16. The predicted octanol–water partition coefficient (Wildman–Crippen LogP) is 1.11. The summed E-state index contributed by atoms with van der Waals surface area (Å²) in [5.74, 6) is -0.0834. The lowest BCUT2D eigenvalue weighted by molar-refractivity contribution is 0.170. The summed E-state index contributed by atoms with van der Waals surface area (Å²) in [4.78, 5) is 29.1. The number of fused-ring (bicyclic) bond motifs is 1. The van der Waals surface area contributed by atoms with E-state index in [0.717, 1.165) is 17.3 Å². The highest BCUT2D eigenvalue weighted by atomic mass is 32.2. The molecule has 0 bridgehead atoms. The standard InChI is InChI=1S/C17H24N4O4S/c1-12(11-26(2,24)25)18-16(22)20-9-7-13(8-10-20)21-15-6-4-3-5-14(15)19-17(21)23/h3-6,12-13H,7-11H2,1-2H3,(H,18,22)(H,19,23). The van der Waals surface area contributed by atoms with E-state index in [1.165, 1.54) is 0 Å². The van der Waals surface area contributed by atoms with Crippen LogP contribution in [-0.4, -0.2) is 60.0 Å². The van der Waals surface area contributed by atoms with Gasteiger partial charge in [0.05, 0.1) is 16.8 Å². The molecule has 2 N–H and O–H groups in total. The Hall–Kier alpha value is -2.29. The van der Waals surface area contributed by atoms with E-state index in [0.29, 0.717) is 25.9 Å². The zero-order chi connectivity index (χ0) is 18.9. The first-order valence-corrected chi connectivity index (χ1v) is 10.7. The molecule has 1 saturated heterocycles. The number of hydrogen-bond acceptors (Lipinski definition) is 4. The number of imidazole rings is 1. The highest BCUT2D eigenvalue weighted by Gasteiger charge is 2.26. The smallest absolute Gasteiger partial charge is 0.326 e. The molecule has 3 rings (SSSR count). The fourth-order valence-corrected chi connectivity index (χ4v) is 4.55. The highest BCUT2D eigenvalue weighted by molar-refractivity contribution is 7.90. The number of H-pyrrole nitrogens is 1. The first-order valence-electron chi connectivity index (χ1n) is 8.67. The first kappa shape index (κ1) is 18.5. The molecule has 0 saturated carbocycles. The number of urea groups is 1. The largest absolute Gasteiger partial charge is 0.335 e. The quantitative estimate of drug-likeness (QED) is 0.829. The molecule has 1 aliphatic heterocycles. The number of para-hydroxylation sites is 2. The number of nitrogens with one attached hydrogen (secondary N) is 2.